The van der Waals surface area contributed by atoms with E-state index in [1.165, 1.54) is 135 Å². The molecule has 0 radical (unpaired) electrons. The molecule has 0 N–H and O–H groups in total. The van der Waals surface area contributed by atoms with Gasteiger partial charge in [0.05, 0.1) is 22.1 Å². The molecule has 1 saturated carbocycles. The molecule has 0 aliphatic heterocycles. The van der Waals surface area contributed by atoms with Gasteiger partial charge in [-0.05, 0) is 119 Å². The maximum absolute atomic E-state index is 6.42. The molecule has 0 amide bonds. The monoisotopic (exact) mass is 836 g/mol. The van der Waals surface area contributed by atoms with Gasteiger partial charge in [0.25, 0.3) is 0 Å². The molecule has 4 heterocycles. The zero-order valence-electron chi connectivity index (χ0n) is 35.1. The van der Waals surface area contributed by atoms with E-state index in [9.17, 15) is 0 Å². The first-order valence-electron chi connectivity index (χ1n) is 22.8. The Morgan fingerprint density at radius 3 is 1.78 bits per heavy atom. The van der Waals surface area contributed by atoms with Gasteiger partial charge in [-0.25, -0.2) is 0 Å². The molecule has 0 unspecified atom stereocenters. The number of aromatic nitrogens is 2. The lowest BCUT2D eigenvalue weighted by molar-refractivity contribution is 0.353. The van der Waals surface area contributed by atoms with Crippen molar-refractivity contribution in [1.82, 2.24) is 9.13 Å². The maximum atomic E-state index is 6.42. The fourth-order valence-corrected chi connectivity index (χ4v) is 13.4. The molecule has 13 aromatic rings. The second kappa shape index (κ2) is 12.8. The first-order chi connectivity index (χ1) is 31.7. The second-order valence-electron chi connectivity index (χ2n) is 18.3. The normalized spacial score (nSPS) is 14.7. The molecule has 1 spiro atoms. The average Bonchev–Trinajstić information content (AvgIpc) is 4.14. The van der Waals surface area contributed by atoms with Gasteiger partial charge in [0.1, 0.15) is 11.2 Å². The van der Waals surface area contributed by atoms with Crippen LogP contribution in [0.3, 0.4) is 0 Å². The highest BCUT2D eigenvalue weighted by Gasteiger charge is 2.44. The third-order valence-corrected chi connectivity index (χ3v) is 16.2. The van der Waals surface area contributed by atoms with Gasteiger partial charge in [-0.1, -0.05) is 122 Å². The predicted octanol–water partition coefficient (Wildman–Crippen LogP) is 17.0. The lowest BCUT2D eigenvalue weighted by Crippen LogP contribution is -2.28. The Hall–Kier alpha value is -7.40. The molecule has 9 aromatic carbocycles. The van der Waals surface area contributed by atoms with Crippen molar-refractivity contribution in [1.29, 1.82) is 0 Å². The fourth-order valence-electron chi connectivity index (χ4n) is 12.3. The molecule has 64 heavy (non-hydrogen) atoms. The minimum absolute atomic E-state index is 0.0283. The van der Waals surface area contributed by atoms with Crippen LogP contribution in [0.4, 0.5) is 0 Å². The van der Waals surface area contributed by atoms with Crippen molar-refractivity contribution in [3.63, 3.8) is 0 Å². The fraction of sp³-hybridized carbons (Fsp3) is 0.100. The van der Waals surface area contributed by atoms with Crippen LogP contribution in [-0.2, 0) is 5.41 Å². The summed E-state index contributed by atoms with van der Waals surface area (Å²) in [5.74, 6) is 0. The number of nitrogens with zero attached hydrogens (tertiary/aromatic N) is 2. The number of thiophene rings is 1. The molecule has 2 aliphatic rings. The Morgan fingerprint density at radius 2 is 0.953 bits per heavy atom. The summed E-state index contributed by atoms with van der Waals surface area (Å²) in [6.07, 6.45) is 6.22. The molecule has 2 aliphatic carbocycles. The van der Waals surface area contributed by atoms with Gasteiger partial charge < -0.3 is 13.6 Å². The van der Waals surface area contributed by atoms with E-state index < -0.39 is 0 Å². The Morgan fingerprint density at radius 1 is 0.375 bits per heavy atom. The molecular weight excluding hydrogens is 797 g/mol. The summed E-state index contributed by atoms with van der Waals surface area (Å²) in [4.78, 5) is 0. The van der Waals surface area contributed by atoms with Gasteiger partial charge in [0.2, 0.25) is 0 Å². The quantitative estimate of drug-likeness (QED) is 0.174. The molecule has 0 bridgehead atoms. The van der Waals surface area contributed by atoms with Gasteiger partial charge in [-0.3, -0.25) is 0 Å². The van der Waals surface area contributed by atoms with E-state index in [4.69, 9.17) is 4.42 Å². The van der Waals surface area contributed by atoms with Gasteiger partial charge >= 0.3 is 0 Å². The topological polar surface area (TPSA) is 23.0 Å². The molecular formula is C60H40N2OS. The van der Waals surface area contributed by atoms with Crippen molar-refractivity contribution in [3.05, 3.63) is 193 Å². The molecule has 4 heteroatoms. The summed E-state index contributed by atoms with van der Waals surface area (Å²) < 4.78 is 14.0. The SMILES string of the molecule is c1ccc2c(c1)oc1cc(-n3c4ccccc4c4ccc(-c5ccc6c(c5)-c5cc7c(cc5C65CCCCC5)c5ccccc5n7-c5ccc6c(c5)sc5ccccc56)cc43)ccc12. The van der Waals surface area contributed by atoms with Crippen LogP contribution in [-0.4, -0.2) is 9.13 Å². The van der Waals surface area contributed by atoms with Crippen LogP contribution in [0, 0.1) is 0 Å². The summed E-state index contributed by atoms with van der Waals surface area (Å²) in [6.45, 7) is 0. The van der Waals surface area contributed by atoms with Crippen molar-refractivity contribution < 1.29 is 4.42 Å². The van der Waals surface area contributed by atoms with E-state index >= 15 is 0 Å². The predicted molar refractivity (Wildman–Crippen MR) is 270 cm³/mol. The number of fused-ring (bicyclic) bond motifs is 17. The van der Waals surface area contributed by atoms with Crippen LogP contribution in [0.25, 0.3) is 119 Å². The summed E-state index contributed by atoms with van der Waals surface area (Å²) in [5.41, 5.74) is 17.4. The first kappa shape index (κ1) is 35.1. The summed E-state index contributed by atoms with van der Waals surface area (Å²) in [5, 5.41) is 10.1. The van der Waals surface area contributed by atoms with Gasteiger partial charge in [0, 0.05) is 75.3 Å². The third-order valence-electron chi connectivity index (χ3n) is 15.1. The van der Waals surface area contributed by atoms with Crippen LogP contribution in [0.2, 0.25) is 0 Å². The summed E-state index contributed by atoms with van der Waals surface area (Å²) >= 11 is 1.89. The highest BCUT2D eigenvalue weighted by molar-refractivity contribution is 7.25. The Kier molecular flexibility index (Phi) is 7.04. The lowest BCUT2D eigenvalue weighted by Gasteiger charge is -2.36. The van der Waals surface area contributed by atoms with Gasteiger partial charge in [0.15, 0.2) is 0 Å². The largest absolute Gasteiger partial charge is 0.456 e. The van der Waals surface area contributed by atoms with Gasteiger partial charge in [-0.2, -0.15) is 0 Å². The smallest absolute Gasteiger partial charge is 0.137 e. The van der Waals surface area contributed by atoms with E-state index in [0.717, 1.165) is 27.6 Å². The maximum Gasteiger partial charge on any atom is 0.137 e. The molecule has 302 valence electrons. The van der Waals surface area contributed by atoms with E-state index in [0.29, 0.717) is 0 Å². The Balaban J connectivity index is 0.933. The molecule has 15 rings (SSSR count). The highest BCUT2D eigenvalue weighted by atomic mass is 32.1. The van der Waals surface area contributed by atoms with Crippen molar-refractivity contribution >= 4 is 97.1 Å². The Bertz CT molecular complexity index is 4130. The van der Waals surface area contributed by atoms with Crippen LogP contribution < -0.4 is 0 Å². The van der Waals surface area contributed by atoms with Crippen LogP contribution in [0.15, 0.2) is 186 Å². The van der Waals surface area contributed by atoms with Crippen LogP contribution in [0.5, 0.6) is 0 Å². The summed E-state index contributed by atoms with van der Waals surface area (Å²) in [7, 11) is 0. The number of para-hydroxylation sites is 3. The lowest BCUT2D eigenvalue weighted by atomic mass is 9.67. The summed E-state index contributed by atoms with van der Waals surface area (Å²) in [6, 6.07) is 68.4. The van der Waals surface area contributed by atoms with Crippen LogP contribution in [0.1, 0.15) is 43.2 Å². The molecule has 0 atom stereocenters. The van der Waals surface area contributed by atoms with Gasteiger partial charge in [-0.15, -0.1) is 11.3 Å². The Labute approximate surface area is 373 Å². The average molecular weight is 837 g/mol. The first-order valence-corrected chi connectivity index (χ1v) is 23.6. The molecule has 3 nitrogen and oxygen atoms in total. The zero-order valence-corrected chi connectivity index (χ0v) is 35.9. The molecule has 0 saturated heterocycles. The second-order valence-corrected chi connectivity index (χ2v) is 19.4. The zero-order chi connectivity index (χ0) is 41.7. The number of rotatable bonds is 3. The highest BCUT2D eigenvalue weighted by Crippen LogP contribution is 2.58. The number of benzene rings is 9. The third kappa shape index (κ3) is 4.70. The van der Waals surface area contributed by atoms with Crippen molar-refractivity contribution in [2.45, 2.75) is 37.5 Å². The molecule has 4 aromatic heterocycles. The number of hydrogen-bond acceptors (Lipinski definition) is 2. The standard InChI is InChI=1S/C60H40N2OS/c1-10-28-60(29-11-1)50-27-21-36(37-20-24-42-40-12-2-6-16-52(40)61(54(42)31-37)38-22-25-44-43-14-4-8-18-56(43)63-57(44)32-38)30-47(50)48-35-55-49(34-51(48)60)41-13-3-7-17-53(41)62(55)39-23-26-46-45-15-5-9-19-58(45)64-59(46)33-39/h2-9,12-27,30-35H,1,10-11,28-29H2. The van der Waals surface area contributed by atoms with E-state index in [1.807, 2.05) is 17.4 Å². The minimum atomic E-state index is 0.0283. The van der Waals surface area contributed by atoms with E-state index in [1.54, 1.807) is 0 Å². The van der Waals surface area contributed by atoms with E-state index in [2.05, 4.69) is 185 Å². The van der Waals surface area contributed by atoms with Crippen molar-refractivity contribution in [3.8, 4) is 33.6 Å². The van der Waals surface area contributed by atoms with Crippen molar-refractivity contribution in [2.75, 3.05) is 0 Å². The van der Waals surface area contributed by atoms with Crippen molar-refractivity contribution in [2.24, 2.45) is 0 Å². The van der Waals surface area contributed by atoms with Crippen LogP contribution >= 0.6 is 11.3 Å². The van der Waals surface area contributed by atoms with E-state index in [-0.39, 0.29) is 5.41 Å². The molecule has 1 fully saturated rings. The minimum Gasteiger partial charge on any atom is -0.456 e. The number of hydrogen-bond donors (Lipinski definition) is 0. The number of furan rings is 1.